The standard InChI is InChI=1S/C21H24N4O2/c1-14-13-27-12-11-24(14)17-8-6-16(7-9-17)15(2)20-19(21(22)26)23-18-5-3-4-10-25(18)20/h3-10,14-15H,11-13H2,1-2H3,(H2,22,26)/t14-,15-/m1/s1. The molecule has 0 radical (unpaired) electrons. The smallest absolute Gasteiger partial charge is 0.269 e. The van der Waals surface area contributed by atoms with E-state index >= 15 is 0 Å². The van der Waals surface area contributed by atoms with Gasteiger partial charge in [-0.05, 0) is 36.8 Å². The van der Waals surface area contributed by atoms with Crippen LogP contribution in [0.1, 0.15) is 41.5 Å². The number of fused-ring (bicyclic) bond motifs is 1. The van der Waals surface area contributed by atoms with Gasteiger partial charge >= 0.3 is 0 Å². The van der Waals surface area contributed by atoms with Gasteiger partial charge in [0.25, 0.3) is 5.91 Å². The number of anilines is 1. The summed E-state index contributed by atoms with van der Waals surface area (Å²) in [6, 6.07) is 14.6. The van der Waals surface area contributed by atoms with Gasteiger partial charge < -0.3 is 19.8 Å². The molecule has 6 heteroatoms. The van der Waals surface area contributed by atoms with Crippen molar-refractivity contribution in [3.05, 3.63) is 65.6 Å². The Hall–Kier alpha value is -2.86. The van der Waals surface area contributed by atoms with Gasteiger partial charge in [0.05, 0.1) is 18.9 Å². The van der Waals surface area contributed by atoms with Gasteiger partial charge in [0.15, 0.2) is 5.69 Å². The number of ether oxygens (including phenoxy) is 1. The second kappa shape index (κ2) is 7.04. The molecule has 140 valence electrons. The number of imidazole rings is 1. The fourth-order valence-corrected chi connectivity index (χ4v) is 3.83. The fraction of sp³-hybridized carbons (Fsp3) is 0.333. The van der Waals surface area contributed by atoms with Gasteiger partial charge in [-0.1, -0.05) is 25.1 Å². The summed E-state index contributed by atoms with van der Waals surface area (Å²) in [5.74, 6) is -0.514. The molecule has 1 fully saturated rings. The Morgan fingerprint density at radius 3 is 2.74 bits per heavy atom. The van der Waals surface area contributed by atoms with Crippen molar-refractivity contribution < 1.29 is 9.53 Å². The number of carbonyl (C=O) groups is 1. The maximum absolute atomic E-state index is 12.0. The quantitative estimate of drug-likeness (QED) is 0.773. The maximum Gasteiger partial charge on any atom is 0.269 e. The van der Waals surface area contributed by atoms with Crippen LogP contribution >= 0.6 is 0 Å². The first-order valence-electron chi connectivity index (χ1n) is 9.27. The second-order valence-corrected chi connectivity index (χ2v) is 7.07. The van der Waals surface area contributed by atoms with Gasteiger partial charge in [0.1, 0.15) is 5.65 Å². The molecule has 1 saturated heterocycles. The van der Waals surface area contributed by atoms with Crippen LogP contribution in [0.2, 0.25) is 0 Å². The molecule has 0 bridgehead atoms. The lowest BCUT2D eigenvalue weighted by atomic mass is 9.95. The lowest BCUT2D eigenvalue weighted by Crippen LogP contribution is -2.43. The van der Waals surface area contributed by atoms with E-state index in [2.05, 4.69) is 48.0 Å². The average molecular weight is 364 g/mol. The lowest BCUT2D eigenvalue weighted by Gasteiger charge is -2.35. The van der Waals surface area contributed by atoms with Crippen molar-refractivity contribution in [3.63, 3.8) is 0 Å². The summed E-state index contributed by atoms with van der Waals surface area (Å²) in [5.41, 5.74) is 9.79. The molecule has 3 heterocycles. The summed E-state index contributed by atoms with van der Waals surface area (Å²) in [6.07, 6.45) is 1.92. The Morgan fingerprint density at radius 2 is 2.04 bits per heavy atom. The number of hydrogen-bond acceptors (Lipinski definition) is 4. The zero-order chi connectivity index (χ0) is 19.0. The van der Waals surface area contributed by atoms with E-state index in [1.807, 2.05) is 28.8 Å². The van der Waals surface area contributed by atoms with E-state index in [0.29, 0.717) is 11.7 Å². The van der Waals surface area contributed by atoms with Crippen molar-refractivity contribution >= 4 is 17.2 Å². The molecule has 3 aromatic rings. The topological polar surface area (TPSA) is 72.9 Å². The minimum Gasteiger partial charge on any atom is -0.377 e. The predicted molar refractivity (Wildman–Crippen MR) is 105 cm³/mol. The van der Waals surface area contributed by atoms with Crippen LogP contribution < -0.4 is 10.6 Å². The zero-order valence-electron chi connectivity index (χ0n) is 15.6. The number of aromatic nitrogens is 2. The minimum absolute atomic E-state index is 0.0129. The molecular weight excluding hydrogens is 340 g/mol. The van der Waals surface area contributed by atoms with Gasteiger partial charge in [-0.25, -0.2) is 4.98 Å². The first kappa shape index (κ1) is 17.5. The largest absolute Gasteiger partial charge is 0.377 e. The van der Waals surface area contributed by atoms with Crippen LogP contribution in [0.5, 0.6) is 0 Å². The van der Waals surface area contributed by atoms with Gasteiger partial charge in [-0.15, -0.1) is 0 Å². The highest BCUT2D eigenvalue weighted by molar-refractivity contribution is 5.93. The highest BCUT2D eigenvalue weighted by Gasteiger charge is 2.23. The molecule has 27 heavy (non-hydrogen) atoms. The molecule has 2 N–H and O–H groups in total. The van der Waals surface area contributed by atoms with Crippen LogP contribution in [0.3, 0.4) is 0 Å². The first-order valence-corrected chi connectivity index (χ1v) is 9.27. The van der Waals surface area contributed by atoms with E-state index in [9.17, 15) is 4.79 Å². The van der Waals surface area contributed by atoms with E-state index in [1.165, 1.54) is 5.69 Å². The second-order valence-electron chi connectivity index (χ2n) is 7.07. The fourth-order valence-electron chi connectivity index (χ4n) is 3.83. The number of amides is 1. The molecule has 1 aliphatic heterocycles. The summed E-state index contributed by atoms with van der Waals surface area (Å²) < 4.78 is 7.47. The monoisotopic (exact) mass is 364 g/mol. The summed E-state index contributed by atoms with van der Waals surface area (Å²) >= 11 is 0. The number of carbonyl (C=O) groups excluding carboxylic acids is 1. The van der Waals surface area contributed by atoms with Crippen LogP contribution in [-0.2, 0) is 4.74 Å². The minimum atomic E-state index is -0.501. The van der Waals surface area contributed by atoms with Crippen LogP contribution in [-0.4, -0.2) is 41.1 Å². The summed E-state index contributed by atoms with van der Waals surface area (Å²) in [4.78, 5) is 18.7. The third-order valence-corrected chi connectivity index (χ3v) is 5.30. The lowest BCUT2D eigenvalue weighted by molar-refractivity contribution is 0.0989. The van der Waals surface area contributed by atoms with Crippen LogP contribution in [0, 0.1) is 0 Å². The Balaban J connectivity index is 1.69. The molecular formula is C21H24N4O2. The Kier molecular flexibility index (Phi) is 4.58. The van der Waals surface area contributed by atoms with Crippen molar-refractivity contribution in [2.24, 2.45) is 5.73 Å². The summed E-state index contributed by atoms with van der Waals surface area (Å²) in [5, 5.41) is 0. The Morgan fingerprint density at radius 1 is 1.26 bits per heavy atom. The number of benzene rings is 1. The third kappa shape index (κ3) is 3.17. The number of hydrogen-bond donors (Lipinski definition) is 1. The van der Waals surface area contributed by atoms with E-state index < -0.39 is 5.91 Å². The maximum atomic E-state index is 12.0. The van der Waals surface area contributed by atoms with Gasteiger partial charge in [-0.3, -0.25) is 4.79 Å². The highest BCUT2D eigenvalue weighted by Crippen LogP contribution is 2.30. The summed E-state index contributed by atoms with van der Waals surface area (Å²) in [6.45, 7) is 6.66. The van der Waals surface area contributed by atoms with Gasteiger partial charge in [0.2, 0.25) is 0 Å². The number of nitrogens with two attached hydrogens (primary N) is 1. The Bertz CT molecular complexity index is 964. The number of rotatable bonds is 4. The molecule has 0 spiro atoms. The van der Waals surface area contributed by atoms with E-state index in [-0.39, 0.29) is 5.92 Å². The molecule has 4 rings (SSSR count). The van der Waals surface area contributed by atoms with Crippen LogP contribution in [0.25, 0.3) is 5.65 Å². The number of pyridine rings is 1. The van der Waals surface area contributed by atoms with E-state index in [4.69, 9.17) is 10.5 Å². The van der Waals surface area contributed by atoms with Crippen molar-refractivity contribution in [2.45, 2.75) is 25.8 Å². The van der Waals surface area contributed by atoms with Crippen LogP contribution in [0.15, 0.2) is 48.7 Å². The Labute approximate surface area is 158 Å². The molecule has 2 aromatic heterocycles. The van der Waals surface area contributed by atoms with Crippen molar-refractivity contribution in [3.8, 4) is 0 Å². The third-order valence-electron chi connectivity index (χ3n) is 5.30. The first-order chi connectivity index (χ1) is 13.1. The highest BCUT2D eigenvalue weighted by atomic mass is 16.5. The predicted octanol–water partition coefficient (Wildman–Crippen LogP) is 2.81. The number of nitrogens with zero attached hydrogens (tertiary/aromatic N) is 3. The summed E-state index contributed by atoms with van der Waals surface area (Å²) in [7, 11) is 0. The molecule has 1 amide bonds. The average Bonchev–Trinajstić information content (AvgIpc) is 3.08. The van der Waals surface area contributed by atoms with E-state index in [1.54, 1.807) is 0 Å². The van der Waals surface area contributed by atoms with Crippen LogP contribution in [0.4, 0.5) is 5.69 Å². The van der Waals surface area contributed by atoms with Gasteiger partial charge in [-0.2, -0.15) is 0 Å². The SMILES string of the molecule is C[C@H](c1ccc(N2CCOC[C@H]2C)cc1)c1c(C(N)=O)nc2ccccn12. The molecule has 0 unspecified atom stereocenters. The van der Waals surface area contributed by atoms with Gasteiger partial charge in [0, 0.05) is 30.4 Å². The molecule has 0 saturated carbocycles. The number of morpholine rings is 1. The molecule has 6 nitrogen and oxygen atoms in total. The molecule has 2 atom stereocenters. The molecule has 1 aromatic carbocycles. The molecule has 0 aliphatic carbocycles. The van der Waals surface area contributed by atoms with Crippen molar-refractivity contribution in [1.29, 1.82) is 0 Å². The zero-order valence-corrected chi connectivity index (χ0v) is 15.6. The van der Waals surface area contributed by atoms with Crippen molar-refractivity contribution in [2.75, 3.05) is 24.7 Å². The van der Waals surface area contributed by atoms with Crippen molar-refractivity contribution in [1.82, 2.24) is 9.38 Å². The number of primary amides is 1. The normalized spacial score (nSPS) is 18.6. The van der Waals surface area contributed by atoms with E-state index in [0.717, 1.165) is 36.7 Å². The molecule has 1 aliphatic rings.